The maximum Gasteiger partial charge on any atom is 0.248 e. The van der Waals surface area contributed by atoms with Gasteiger partial charge in [-0.25, -0.2) is 0 Å². The lowest BCUT2D eigenvalue weighted by atomic mass is 10.0. The quantitative estimate of drug-likeness (QED) is 0.189. The zero-order chi connectivity index (χ0) is 31.2. The highest BCUT2D eigenvalue weighted by Gasteiger charge is 2.19. The minimum absolute atomic E-state index is 0.489. The SMILES string of the molecule is c1ccc(-c2nnc(-c3ccc(N(c4ccccc4)c4cccc5c(-n6c7ccccc7c7ccccc76)cccc45)cc3)o2)cc1. The predicted octanol–water partition coefficient (Wildman–Crippen LogP) is 11.1. The summed E-state index contributed by atoms with van der Waals surface area (Å²) in [5, 5.41) is 13.5. The van der Waals surface area contributed by atoms with Gasteiger partial charge >= 0.3 is 0 Å². The van der Waals surface area contributed by atoms with Gasteiger partial charge in [-0.05, 0) is 72.8 Å². The third-order valence-corrected chi connectivity index (χ3v) is 8.77. The van der Waals surface area contributed by atoms with Gasteiger partial charge in [0.05, 0.1) is 22.4 Å². The number of hydrogen-bond donors (Lipinski definition) is 0. The van der Waals surface area contributed by atoms with Crippen molar-refractivity contribution in [3.63, 3.8) is 0 Å². The fourth-order valence-electron chi connectivity index (χ4n) is 6.64. The number of rotatable bonds is 6. The highest BCUT2D eigenvalue weighted by molar-refractivity contribution is 6.11. The minimum Gasteiger partial charge on any atom is -0.416 e. The van der Waals surface area contributed by atoms with Crippen LogP contribution in [0.3, 0.4) is 0 Å². The molecule has 0 amide bonds. The molecule has 5 heteroatoms. The number of nitrogens with zero attached hydrogens (tertiary/aromatic N) is 4. The van der Waals surface area contributed by atoms with Crippen molar-refractivity contribution >= 4 is 49.6 Å². The molecule has 0 spiro atoms. The molecule has 0 saturated heterocycles. The smallest absolute Gasteiger partial charge is 0.248 e. The van der Waals surface area contributed by atoms with Gasteiger partial charge in [-0.15, -0.1) is 10.2 Å². The molecule has 0 saturated carbocycles. The van der Waals surface area contributed by atoms with Crippen LogP contribution in [0.1, 0.15) is 0 Å². The lowest BCUT2D eigenvalue weighted by molar-refractivity contribution is 0.584. The van der Waals surface area contributed by atoms with Gasteiger partial charge in [0.25, 0.3) is 0 Å². The first-order valence-electron chi connectivity index (χ1n) is 15.7. The van der Waals surface area contributed by atoms with Crippen molar-refractivity contribution in [3.8, 4) is 28.6 Å². The number of benzene rings is 7. The van der Waals surface area contributed by atoms with Crippen LogP contribution in [0.2, 0.25) is 0 Å². The van der Waals surface area contributed by atoms with Crippen LogP contribution in [0.15, 0.2) is 174 Å². The number of aromatic nitrogens is 3. The van der Waals surface area contributed by atoms with Crippen molar-refractivity contribution in [1.29, 1.82) is 0 Å². The Morgan fingerprint density at radius 3 is 1.60 bits per heavy atom. The van der Waals surface area contributed by atoms with E-state index in [1.54, 1.807) is 0 Å². The van der Waals surface area contributed by atoms with Crippen molar-refractivity contribution in [2.24, 2.45) is 0 Å². The molecule has 9 aromatic rings. The standard InChI is InChI=1S/C42H28N4O/c1-3-13-29(14-4-1)41-43-44-42(47-41)30-25-27-32(28-26-30)45(31-15-5-2-6-16-31)37-23-11-20-36-35(37)19-12-24-40(36)46-38-21-9-7-17-33(38)34-18-8-10-22-39(34)46/h1-28H. The maximum atomic E-state index is 6.05. The number of hydrogen-bond acceptors (Lipinski definition) is 4. The highest BCUT2D eigenvalue weighted by atomic mass is 16.4. The predicted molar refractivity (Wildman–Crippen MR) is 192 cm³/mol. The first kappa shape index (κ1) is 26.9. The molecule has 0 aliphatic carbocycles. The molecular weight excluding hydrogens is 576 g/mol. The Kier molecular flexibility index (Phi) is 6.39. The Labute approximate surface area is 271 Å². The third kappa shape index (κ3) is 4.56. The van der Waals surface area contributed by atoms with Crippen molar-refractivity contribution in [2.45, 2.75) is 0 Å². The fourth-order valence-corrected chi connectivity index (χ4v) is 6.64. The van der Waals surface area contributed by atoms with Crippen LogP contribution in [-0.2, 0) is 0 Å². The number of fused-ring (bicyclic) bond motifs is 4. The monoisotopic (exact) mass is 604 g/mol. The first-order chi connectivity index (χ1) is 23.3. The molecule has 2 heterocycles. The van der Waals surface area contributed by atoms with E-state index < -0.39 is 0 Å². The van der Waals surface area contributed by atoms with Crippen LogP contribution in [0.4, 0.5) is 17.1 Å². The van der Waals surface area contributed by atoms with Crippen LogP contribution < -0.4 is 4.90 Å². The van der Waals surface area contributed by atoms with E-state index in [2.05, 4.69) is 141 Å². The van der Waals surface area contributed by atoms with Crippen LogP contribution in [0.25, 0.3) is 61.2 Å². The van der Waals surface area contributed by atoms with E-state index in [1.807, 2.05) is 48.5 Å². The zero-order valence-electron chi connectivity index (χ0n) is 25.4. The van der Waals surface area contributed by atoms with Crippen LogP contribution in [-0.4, -0.2) is 14.8 Å². The van der Waals surface area contributed by atoms with E-state index in [-0.39, 0.29) is 0 Å². The van der Waals surface area contributed by atoms with Gasteiger partial charge in [-0.1, -0.05) is 97.1 Å². The van der Waals surface area contributed by atoms with Gasteiger partial charge in [-0.3, -0.25) is 0 Å². The second kappa shape index (κ2) is 11.2. The Morgan fingerprint density at radius 1 is 0.404 bits per heavy atom. The summed E-state index contributed by atoms with van der Waals surface area (Å²) in [5.74, 6) is 0.994. The van der Waals surface area contributed by atoms with Crippen molar-refractivity contribution in [1.82, 2.24) is 14.8 Å². The summed E-state index contributed by atoms with van der Waals surface area (Å²) < 4.78 is 8.45. The average Bonchev–Trinajstić information content (AvgIpc) is 3.77. The van der Waals surface area contributed by atoms with Crippen molar-refractivity contribution in [2.75, 3.05) is 4.90 Å². The summed E-state index contributed by atoms with van der Waals surface area (Å²) in [7, 11) is 0. The molecule has 7 aromatic carbocycles. The van der Waals surface area contributed by atoms with E-state index in [0.29, 0.717) is 11.8 Å². The van der Waals surface area contributed by atoms with Crippen LogP contribution in [0, 0.1) is 0 Å². The first-order valence-corrected chi connectivity index (χ1v) is 15.7. The lowest BCUT2D eigenvalue weighted by Gasteiger charge is -2.27. The van der Waals surface area contributed by atoms with E-state index in [0.717, 1.165) is 39.3 Å². The number of para-hydroxylation sites is 3. The molecule has 0 N–H and O–H groups in total. The molecule has 0 unspecified atom stereocenters. The summed E-state index contributed by atoms with van der Waals surface area (Å²) in [4.78, 5) is 2.31. The fraction of sp³-hybridized carbons (Fsp3) is 0. The van der Waals surface area contributed by atoms with Gasteiger partial charge in [0.2, 0.25) is 11.8 Å². The summed E-state index contributed by atoms with van der Waals surface area (Å²) in [5.41, 5.74) is 8.48. The van der Waals surface area contributed by atoms with E-state index in [9.17, 15) is 0 Å². The molecular formula is C42H28N4O. The molecule has 47 heavy (non-hydrogen) atoms. The second-order valence-corrected chi connectivity index (χ2v) is 11.5. The van der Waals surface area contributed by atoms with Crippen LogP contribution >= 0.6 is 0 Å². The van der Waals surface area contributed by atoms with Crippen LogP contribution in [0.5, 0.6) is 0 Å². The lowest BCUT2D eigenvalue weighted by Crippen LogP contribution is -2.10. The Hall–Kier alpha value is -6.46. The molecule has 0 radical (unpaired) electrons. The maximum absolute atomic E-state index is 6.05. The largest absolute Gasteiger partial charge is 0.416 e. The zero-order valence-corrected chi connectivity index (χ0v) is 25.4. The van der Waals surface area contributed by atoms with E-state index in [4.69, 9.17) is 4.42 Å². The van der Waals surface area contributed by atoms with Gasteiger partial charge in [0.15, 0.2) is 0 Å². The second-order valence-electron chi connectivity index (χ2n) is 11.5. The normalized spacial score (nSPS) is 11.4. The van der Waals surface area contributed by atoms with E-state index >= 15 is 0 Å². The van der Waals surface area contributed by atoms with Gasteiger partial charge in [-0.2, -0.15) is 0 Å². The van der Waals surface area contributed by atoms with Gasteiger partial charge < -0.3 is 13.9 Å². The Bertz CT molecular complexity index is 2460. The molecule has 0 atom stereocenters. The summed E-state index contributed by atoms with van der Waals surface area (Å²) >= 11 is 0. The Morgan fingerprint density at radius 2 is 0.915 bits per heavy atom. The van der Waals surface area contributed by atoms with E-state index in [1.165, 1.54) is 27.2 Å². The van der Waals surface area contributed by atoms with Crippen molar-refractivity contribution < 1.29 is 4.42 Å². The van der Waals surface area contributed by atoms with Gasteiger partial charge in [0.1, 0.15) is 0 Å². The van der Waals surface area contributed by atoms with Crippen molar-refractivity contribution in [3.05, 3.63) is 170 Å². The van der Waals surface area contributed by atoms with Gasteiger partial charge in [0, 0.05) is 44.0 Å². The average molecular weight is 605 g/mol. The third-order valence-electron chi connectivity index (χ3n) is 8.77. The molecule has 9 rings (SSSR count). The summed E-state index contributed by atoms with van der Waals surface area (Å²) in [6.07, 6.45) is 0. The molecule has 222 valence electrons. The Balaban J connectivity index is 1.18. The summed E-state index contributed by atoms with van der Waals surface area (Å²) in [6.45, 7) is 0. The topological polar surface area (TPSA) is 47.1 Å². The molecule has 0 aliphatic rings. The molecule has 5 nitrogen and oxygen atoms in total. The summed E-state index contributed by atoms with van der Waals surface area (Å²) in [6, 6.07) is 59.1. The minimum atomic E-state index is 0.489. The highest BCUT2D eigenvalue weighted by Crippen LogP contribution is 2.42. The molecule has 0 fully saturated rings. The number of anilines is 3. The molecule has 0 bridgehead atoms. The molecule has 0 aliphatic heterocycles. The molecule has 2 aromatic heterocycles.